The van der Waals surface area contributed by atoms with Gasteiger partial charge in [0.1, 0.15) is 0 Å². The van der Waals surface area contributed by atoms with Crippen molar-refractivity contribution in [2.75, 3.05) is 13.1 Å². The highest BCUT2D eigenvalue weighted by Crippen LogP contribution is 2.11. The molecule has 4 heteroatoms. The molecule has 98 valence electrons. The molecule has 0 radical (unpaired) electrons. The lowest BCUT2D eigenvalue weighted by molar-refractivity contribution is -0.124. The van der Waals surface area contributed by atoms with Crippen LogP contribution in [0.1, 0.15) is 30.9 Å². The van der Waals surface area contributed by atoms with Crippen molar-refractivity contribution in [3.63, 3.8) is 0 Å². The lowest BCUT2D eigenvalue weighted by atomic mass is 10.0. The first-order valence-corrected chi connectivity index (χ1v) is 6.51. The van der Waals surface area contributed by atoms with Crippen molar-refractivity contribution in [3.8, 4) is 0 Å². The SMILES string of the molecule is O=C(NCC(O)c1ccccc1)[C@@H]1CCCCN1. The van der Waals surface area contributed by atoms with Crippen molar-refractivity contribution in [1.82, 2.24) is 10.6 Å². The number of hydrogen-bond donors (Lipinski definition) is 3. The molecular formula is C14H20N2O2. The number of aliphatic hydroxyl groups excluding tert-OH is 1. The molecule has 2 rings (SSSR count). The number of rotatable bonds is 4. The molecule has 1 aromatic rings. The largest absolute Gasteiger partial charge is 0.387 e. The summed E-state index contributed by atoms with van der Waals surface area (Å²) in [5.74, 6) is -0.00955. The van der Waals surface area contributed by atoms with Gasteiger partial charge in [-0.05, 0) is 24.9 Å². The van der Waals surface area contributed by atoms with E-state index in [-0.39, 0.29) is 18.5 Å². The van der Waals surface area contributed by atoms with Gasteiger partial charge in [-0.2, -0.15) is 0 Å². The molecule has 3 N–H and O–H groups in total. The Morgan fingerprint density at radius 3 is 2.83 bits per heavy atom. The summed E-state index contributed by atoms with van der Waals surface area (Å²) >= 11 is 0. The molecular weight excluding hydrogens is 228 g/mol. The van der Waals surface area contributed by atoms with Gasteiger partial charge in [0.25, 0.3) is 0 Å². The van der Waals surface area contributed by atoms with E-state index in [0.29, 0.717) is 0 Å². The van der Waals surface area contributed by atoms with Gasteiger partial charge in [-0.25, -0.2) is 0 Å². The standard InChI is InChI=1S/C14H20N2O2/c17-13(11-6-2-1-3-7-11)10-16-14(18)12-8-4-5-9-15-12/h1-3,6-7,12-13,15,17H,4-5,8-10H2,(H,16,18)/t12-,13?/m0/s1. The Kier molecular flexibility index (Phi) is 4.73. The summed E-state index contributed by atoms with van der Waals surface area (Å²) in [6.45, 7) is 1.17. The van der Waals surface area contributed by atoms with Crippen LogP contribution in [0, 0.1) is 0 Å². The van der Waals surface area contributed by atoms with E-state index in [4.69, 9.17) is 0 Å². The summed E-state index contributed by atoms with van der Waals surface area (Å²) in [4.78, 5) is 11.8. The summed E-state index contributed by atoms with van der Waals surface area (Å²) in [7, 11) is 0. The van der Waals surface area contributed by atoms with E-state index in [1.807, 2.05) is 30.3 Å². The number of carbonyl (C=O) groups is 1. The van der Waals surface area contributed by atoms with E-state index < -0.39 is 6.10 Å². The van der Waals surface area contributed by atoms with Gasteiger partial charge in [-0.3, -0.25) is 4.79 Å². The number of aliphatic hydroxyl groups is 1. The lowest BCUT2D eigenvalue weighted by Gasteiger charge is -2.23. The number of amides is 1. The minimum absolute atomic E-state index is 0.00955. The fourth-order valence-electron chi connectivity index (χ4n) is 2.19. The minimum Gasteiger partial charge on any atom is -0.387 e. The molecule has 1 unspecified atom stereocenters. The highest BCUT2D eigenvalue weighted by molar-refractivity contribution is 5.81. The van der Waals surface area contributed by atoms with Crippen LogP contribution in [-0.2, 0) is 4.79 Å². The Balaban J connectivity index is 1.78. The third kappa shape index (κ3) is 3.55. The highest BCUT2D eigenvalue weighted by Gasteiger charge is 2.20. The van der Waals surface area contributed by atoms with Gasteiger partial charge in [0, 0.05) is 6.54 Å². The number of benzene rings is 1. The first kappa shape index (κ1) is 13.1. The molecule has 1 heterocycles. The molecule has 0 aromatic heterocycles. The Labute approximate surface area is 107 Å². The van der Waals surface area contributed by atoms with Crippen molar-refractivity contribution >= 4 is 5.91 Å². The normalized spacial score (nSPS) is 21.3. The van der Waals surface area contributed by atoms with Crippen molar-refractivity contribution < 1.29 is 9.90 Å². The Morgan fingerprint density at radius 2 is 2.17 bits per heavy atom. The first-order chi connectivity index (χ1) is 8.77. The fourth-order valence-corrected chi connectivity index (χ4v) is 2.19. The van der Waals surface area contributed by atoms with E-state index >= 15 is 0 Å². The van der Waals surface area contributed by atoms with E-state index in [2.05, 4.69) is 10.6 Å². The van der Waals surface area contributed by atoms with Crippen molar-refractivity contribution in [2.24, 2.45) is 0 Å². The van der Waals surface area contributed by atoms with Crippen LogP contribution < -0.4 is 10.6 Å². The van der Waals surface area contributed by atoms with Crippen LogP contribution >= 0.6 is 0 Å². The van der Waals surface area contributed by atoms with Gasteiger partial charge in [-0.1, -0.05) is 36.8 Å². The fraction of sp³-hybridized carbons (Fsp3) is 0.500. The third-order valence-electron chi connectivity index (χ3n) is 3.28. The summed E-state index contributed by atoms with van der Waals surface area (Å²) in [6.07, 6.45) is 2.47. The maximum absolute atomic E-state index is 11.8. The van der Waals surface area contributed by atoms with Crippen LogP contribution in [-0.4, -0.2) is 30.1 Å². The second kappa shape index (κ2) is 6.52. The average molecular weight is 248 g/mol. The highest BCUT2D eigenvalue weighted by atomic mass is 16.3. The molecule has 1 aliphatic rings. The maximum Gasteiger partial charge on any atom is 0.237 e. The molecule has 2 atom stereocenters. The van der Waals surface area contributed by atoms with Gasteiger partial charge in [0.15, 0.2) is 0 Å². The van der Waals surface area contributed by atoms with Crippen molar-refractivity contribution in [2.45, 2.75) is 31.4 Å². The molecule has 18 heavy (non-hydrogen) atoms. The predicted molar refractivity (Wildman–Crippen MR) is 70.1 cm³/mol. The predicted octanol–water partition coefficient (Wildman–Crippen LogP) is 0.978. The molecule has 1 aromatic carbocycles. The second-order valence-electron chi connectivity index (χ2n) is 4.67. The second-order valence-corrected chi connectivity index (χ2v) is 4.67. The van der Waals surface area contributed by atoms with Crippen LogP contribution in [0.25, 0.3) is 0 Å². The topological polar surface area (TPSA) is 61.4 Å². The zero-order chi connectivity index (χ0) is 12.8. The number of nitrogens with one attached hydrogen (secondary N) is 2. The van der Waals surface area contributed by atoms with Crippen molar-refractivity contribution in [3.05, 3.63) is 35.9 Å². The smallest absolute Gasteiger partial charge is 0.237 e. The van der Waals surface area contributed by atoms with Crippen molar-refractivity contribution in [1.29, 1.82) is 0 Å². The van der Waals surface area contributed by atoms with Gasteiger partial charge < -0.3 is 15.7 Å². The molecule has 0 spiro atoms. The third-order valence-corrected chi connectivity index (χ3v) is 3.28. The molecule has 0 bridgehead atoms. The summed E-state index contributed by atoms with van der Waals surface area (Å²) in [6, 6.07) is 9.28. The van der Waals surface area contributed by atoms with Crippen LogP contribution in [0.15, 0.2) is 30.3 Å². The zero-order valence-corrected chi connectivity index (χ0v) is 10.4. The van der Waals surface area contributed by atoms with E-state index in [0.717, 1.165) is 31.4 Å². The molecule has 4 nitrogen and oxygen atoms in total. The zero-order valence-electron chi connectivity index (χ0n) is 10.4. The Morgan fingerprint density at radius 1 is 1.39 bits per heavy atom. The van der Waals surface area contributed by atoms with Gasteiger partial charge in [0.2, 0.25) is 5.91 Å². The summed E-state index contributed by atoms with van der Waals surface area (Å²) in [5, 5.41) is 15.9. The molecule has 1 saturated heterocycles. The molecule has 0 aliphatic carbocycles. The molecule has 1 aliphatic heterocycles. The number of piperidine rings is 1. The van der Waals surface area contributed by atoms with Crippen LogP contribution in [0.3, 0.4) is 0 Å². The first-order valence-electron chi connectivity index (χ1n) is 6.51. The molecule has 1 amide bonds. The quantitative estimate of drug-likeness (QED) is 0.744. The molecule has 0 saturated carbocycles. The van der Waals surface area contributed by atoms with Crippen LogP contribution in [0.5, 0.6) is 0 Å². The number of hydrogen-bond acceptors (Lipinski definition) is 3. The summed E-state index contributed by atoms with van der Waals surface area (Å²) in [5.41, 5.74) is 0.828. The van der Waals surface area contributed by atoms with Crippen LogP contribution in [0.4, 0.5) is 0 Å². The van der Waals surface area contributed by atoms with E-state index in [1.54, 1.807) is 0 Å². The van der Waals surface area contributed by atoms with Crippen LogP contribution in [0.2, 0.25) is 0 Å². The summed E-state index contributed by atoms with van der Waals surface area (Å²) < 4.78 is 0. The maximum atomic E-state index is 11.8. The Hall–Kier alpha value is -1.39. The molecule has 1 fully saturated rings. The number of carbonyl (C=O) groups excluding carboxylic acids is 1. The van der Waals surface area contributed by atoms with Gasteiger partial charge in [-0.15, -0.1) is 0 Å². The van der Waals surface area contributed by atoms with E-state index in [1.165, 1.54) is 0 Å². The van der Waals surface area contributed by atoms with Gasteiger partial charge in [0.05, 0.1) is 12.1 Å². The Bertz CT molecular complexity index is 375. The monoisotopic (exact) mass is 248 g/mol. The average Bonchev–Trinajstić information content (AvgIpc) is 2.46. The lowest BCUT2D eigenvalue weighted by Crippen LogP contribution is -2.47. The van der Waals surface area contributed by atoms with Gasteiger partial charge >= 0.3 is 0 Å². The van der Waals surface area contributed by atoms with E-state index in [9.17, 15) is 9.90 Å². The minimum atomic E-state index is -0.640.